The molecule has 2 rings (SSSR count). The molecular formula is C28H52N2O8. The summed E-state index contributed by atoms with van der Waals surface area (Å²) in [6.07, 6.45) is 5.27. The van der Waals surface area contributed by atoms with E-state index in [0.717, 1.165) is 38.6 Å². The van der Waals surface area contributed by atoms with Crippen molar-refractivity contribution in [1.82, 2.24) is 5.32 Å². The van der Waals surface area contributed by atoms with E-state index in [4.69, 9.17) is 19.9 Å². The summed E-state index contributed by atoms with van der Waals surface area (Å²) >= 11 is 0. The molecule has 1 heterocycles. The number of nitrogens with two attached hydrogens (primary N) is 1. The number of ether oxygens (including phenoxy) is 3. The smallest absolute Gasteiger partial charge is 0.302 e. The summed E-state index contributed by atoms with van der Waals surface area (Å²) in [7, 11) is 0. The third-order valence-corrected chi connectivity index (χ3v) is 8.37. The molecule has 222 valence electrons. The first-order valence-electron chi connectivity index (χ1n) is 14.5. The SMILES string of the molecule is CC[C@H](CO)CC[C@@H](C[C@@H](CCC1CC(OCCO)C(O)CC1C1CCNC(N)C1)OC(C)=O)OC(C)=O. The van der Waals surface area contributed by atoms with Gasteiger partial charge in [-0.05, 0) is 81.6 Å². The molecule has 9 atom stereocenters. The Morgan fingerprint density at radius 1 is 1.03 bits per heavy atom. The molecule has 0 aromatic heterocycles. The second-order valence-electron chi connectivity index (χ2n) is 11.3. The fourth-order valence-electron chi connectivity index (χ4n) is 6.37. The van der Waals surface area contributed by atoms with Crippen molar-refractivity contribution in [2.45, 2.75) is 116 Å². The van der Waals surface area contributed by atoms with E-state index >= 15 is 0 Å². The Morgan fingerprint density at radius 2 is 1.71 bits per heavy atom. The van der Waals surface area contributed by atoms with E-state index in [0.29, 0.717) is 38.0 Å². The maximum absolute atomic E-state index is 12.0. The van der Waals surface area contributed by atoms with Crippen molar-refractivity contribution in [3.8, 4) is 0 Å². The number of nitrogens with one attached hydrogen (secondary N) is 1. The molecule has 1 aliphatic heterocycles. The summed E-state index contributed by atoms with van der Waals surface area (Å²) in [6.45, 7) is 5.82. The second-order valence-corrected chi connectivity index (χ2v) is 11.3. The van der Waals surface area contributed by atoms with E-state index in [1.807, 2.05) is 6.92 Å². The van der Waals surface area contributed by atoms with Crippen LogP contribution >= 0.6 is 0 Å². The number of hydrogen-bond acceptors (Lipinski definition) is 10. The van der Waals surface area contributed by atoms with Crippen LogP contribution in [0.1, 0.15) is 85.0 Å². The number of esters is 2. The van der Waals surface area contributed by atoms with Gasteiger partial charge < -0.3 is 40.6 Å². The third-order valence-electron chi connectivity index (χ3n) is 8.37. The van der Waals surface area contributed by atoms with Crippen LogP contribution in [-0.4, -0.2) is 84.2 Å². The van der Waals surface area contributed by atoms with E-state index in [-0.39, 0.29) is 61.8 Å². The highest BCUT2D eigenvalue weighted by Gasteiger charge is 2.41. The summed E-state index contributed by atoms with van der Waals surface area (Å²) in [5.74, 6) is 0.284. The highest BCUT2D eigenvalue weighted by molar-refractivity contribution is 5.66. The average molecular weight is 545 g/mol. The predicted molar refractivity (Wildman–Crippen MR) is 143 cm³/mol. The quantitative estimate of drug-likeness (QED) is 0.181. The van der Waals surface area contributed by atoms with Crippen LogP contribution < -0.4 is 11.1 Å². The van der Waals surface area contributed by atoms with Crippen LogP contribution in [0.4, 0.5) is 0 Å². The predicted octanol–water partition coefficient (Wildman–Crippen LogP) is 1.87. The van der Waals surface area contributed by atoms with Gasteiger partial charge in [-0.1, -0.05) is 13.3 Å². The maximum Gasteiger partial charge on any atom is 0.302 e. The van der Waals surface area contributed by atoms with Gasteiger partial charge in [-0.3, -0.25) is 9.59 Å². The molecule has 6 N–H and O–H groups in total. The lowest BCUT2D eigenvalue weighted by Crippen LogP contribution is -2.50. The van der Waals surface area contributed by atoms with Crippen molar-refractivity contribution in [1.29, 1.82) is 0 Å². The first-order chi connectivity index (χ1) is 18.2. The zero-order valence-electron chi connectivity index (χ0n) is 23.6. The van der Waals surface area contributed by atoms with E-state index < -0.39 is 18.3 Å². The minimum absolute atomic E-state index is 0.0564. The zero-order valence-corrected chi connectivity index (χ0v) is 23.6. The number of hydrogen-bond donors (Lipinski definition) is 5. The number of piperidine rings is 1. The maximum atomic E-state index is 12.0. The summed E-state index contributed by atoms with van der Waals surface area (Å²) in [5, 5.41) is 32.9. The molecule has 0 aromatic carbocycles. The number of carbonyl (C=O) groups excluding carboxylic acids is 2. The van der Waals surface area contributed by atoms with Crippen molar-refractivity contribution in [3.05, 3.63) is 0 Å². The molecule has 6 unspecified atom stereocenters. The number of carbonyl (C=O) groups is 2. The monoisotopic (exact) mass is 544 g/mol. The Bertz CT molecular complexity index is 692. The van der Waals surface area contributed by atoms with Crippen molar-refractivity contribution >= 4 is 11.9 Å². The Morgan fingerprint density at radius 3 is 2.29 bits per heavy atom. The Hall–Kier alpha value is -1.30. The Kier molecular flexibility index (Phi) is 15.1. The lowest BCUT2D eigenvalue weighted by atomic mass is 9.66. The normalized spacial score (nSPS) is 30.3. The number of aliphatic hydroxyl groups is 3. The zero-order chi connectivity index (χ0) is 28.1. The van der Waals surface area contributed by atoms with E-state index in [1.165, 1.54) is 13.8 Å². The van der Waals surface area contributed by atoms with Gasteiger partial charge in [0, 0.05) is 26.9 Å². The molecule has 1 saturated carbocycles. The molecule has 0 bridgehead atoms. The van der Waals surface area contributed by atoms with Crippen molar-refractivity contribution in [3.63, 3.8) is 0 Å². The third kappa shape index (κ3) is 11.4. The topological polar surface area (TPSA) is 161 Å². The summed E-state index contributed by atoms with van der Waals surface area (Å²) in [5.41, 5.74) is 6.21. The molecule has 2 fully saturated rings. The van der Waals surface area contributed by atoms with Crippen LogP contribution in [0.2, 0.25) is 0 Å². The highest BCUT2D eigenvalue weighted by Crippen LogP contribution is 2.43. The van der Waals surface area contributed by atoms with Gasteiger partial charge in [-0.25, -0.2) is 0 Å². The standard InChI is InChI=1S/C28H52N2O8/c1-4-20(17-32)5-7-23(37-18(2)33)15-24(38-19(3)34)8-6-21-13-27(36-12-11-31)26(35)16-25(21)22-9-10-30-28(29)14-22/h20-28,30-32,35H,4-17,29H2,1-3H3/t20-,21?,22?,23-,24+,25?,26?,27?,28?/m0/s1. The Balaban J connectivity index is 2.12. The van der Waals surface area contributed by atoms with Crippen LogP contribution in [-0.2, 0) is 23.8 Å². The largest absolute Gasteiger partial charge is 0.462 e. The number of rotatable bonds is 16. The van der Waals surface area contributed by atoms with Gasteiger partial charge in [0.1, 0.15) is 12.2 Å². The van der Waals surface area contributed by atoms with E-state index in [9.17, 15) is 24.9 Å². The van der Waals surface area contributed by atoms with Gasteiger partial charge >= 0.3 is 11.9 Å². The fraction of sp³-hybridized carbons (Fsp3) is 0.929. The van der Waals surface area contributed by atoms with Crippen molar-refractivity contribution in [2.24, 2.45) is 29.4 Å². The van der Waals surface area contributed by atoms with E-state index in [1.54, 1.807) is 0 Å². The fourth-order valence-corrected chi connectivity index (χ4v) is 6.37. The molecule has 1 saturated heterocycles. The molecular weight excluding hydrogens is 492 g/mol. The van der Waals surface area contributed by atoms with Gasteiger partial charge in [-0.2, -0.15) is 0 Å². The van der Waals surface area contributed by atoms with Crippen LogP contribution in [0, 0.1) is 23.7 Å². The number of aliphatic hydroxyl groups excluding tert-OH is 3. The average Bonchev–Trinajstić information content (AvgIpc) is 2.86. The molecule has 10 heteroatoms. The second kappa shape index (κ2) is 17.4. The molecule has 0 spiro atoms. The van der Waals surface area contributed by atoms with Gasteiger partial charge in [0.25, 0.3) is 0 Å². The van der Waals surface area contributed by atoms with Crippen LogP contribution in [0.25, 0.3) is 0 Å². The van der Waals surface area contributed by atoms with Gasteiger partial charge in [0.2, 0.25) is 0 Å². The Labute approximate surface area is 228 Å². The highest BCUT2D eigenvalue weighted by atomic mass is 16.6. The van der Waals surface area contributed by atoms with Crippen molar-refractivity contribution in [2.75, 3.05) is 26.4 Å². The van der Waals surface area contributed by atoms with Gasteiger partial charge in [-0.15, -0.1) is 0 Å². The van der Waals surface area contributed by atoms with Crippen LogP contribution in [0.5, 0.6) is 0 Å². The van der Waals surface area contributed by atoms with Crippen molar-refractivity contribution < 1.29 is 39.1 Å². The first-order valence-corrected chi connectivity index (χ1v) is 14.5. The van der Waals surface area contributed by atoms with Crippen LogP contribution in [0.15, 0.2) is 0 Å². The molecule has 0 radical (unpaired) electrons. The molecule has 0 amide bonds. The summed E-state index contributed by atoms with van der Waals surface area (Å²) in [6, 6.07) is 0. The van der Waals surface area contributed by atoms with Gasteiger partial charge in [0.05, 0.1) is 31.6 Å². The summed E-state index contributed by atoms with van der Waals surface area (Å²) < 4.78 is 17.1. The van der Waals surface area contributed by atoms with Crippen LogP contribution in [0.3, 0.4) is 0 Å². The van der Waals surface area contributed by atoms with Gasteiger partial charge in [0.15, 0.2) is 0 Å². The molecule has 10 nitrogen and oxygen atoms in total. The molecule has 1 aliphatic carbocycles. The molecule has 38 heavy (non-hydrogen) atoms. The minimum Gasteiger partial charge on any atom is -0.462 e. The molecule has 0 aromatic rings. The summed E-state index contributed by atoms with van der Waals surface area (Å²) in [4.78, 5) is 23.8. The minimum atomic E-state index is -0.593. The van der Waals surface area contributed by atoms with E-state index in [2.05, 4.69) is 5.32 Å². The first kappa shape index (κ1) is 32.9. The lowest BCUT2D eigenvalue weighted by Gasteiger charge is -2.45. The molecule has 2 aliphatic rings. The lowest BCUT2D eigenvalue weighted by molar-refractivity contribution is -0.153.